The fourth-order valence-electron chi connectivity index (χ4n) is 2.94. The lowest BCUT2D eigenvalue weighted by molar-refractivity contribution is 0.878. The largest absolute Gasteiger partial charge is 0.363 e. The van der Waals surface area contributed by atoms with Crippen LogP contribution in [0, 0.1) is 0 Å². The van der Waals surface area contributed by atoms with E-state index >= 15 is 0 Å². The molecule has 0 saturated heterocycles. The van der Waals surface area contributed by atoms with E-state index in [0.29, 0.717) is 5.02 Å². The smallest absolute Gasteiger partial charge is 0.139 e. The first-order valence-corrected chi connectivity index (χ1v) is 8.24. The van der Waals surface area contributed by atoms with Crippen molar-refractivity contribution < 1.29 is 0 Å². The van der Waals surface area contributed by atoms with Crippen LogP contribution in [0.2, 0.25) is 5.02 Å². The van der Waals surface area contributed by atoms with Crippen LogP contribution in [-0.2, 0) is 0 Å². The minimum Gasteiger partial charge on any atom is -0.363 e. The van der Waals surface area contributed by atoms with Gasteiger partial charge in [-0.15, -0.1) is 0 Å². The van der Waals surface area contributed by atoms with Gasteiger partial charge in [-0.2, -0.15) is 0 Å². The van der Waals surface area contributed by atoms with Crippen molar-refractivity contribution in [1.29, 1.82) is 0 Å². The molecule has 24 heavy (non-hydrogen) atoms. The van der Waals surface area contributed by atoms with E-state index in [-0.39, 0.29) is 6.04 Å². The fourth-order valence-corrected chi connectivity index (χ4v) is 3.20. The normalized spacial score (nSPS) is 12.4. The van der Waals surface area contributed by atoms with E-state index in [2.05, 4.69) is 64.7 Å². The Morgan fingerprint density at radius 1 is 0.917 bits per heavy atom. The number of halogens is 1. The highest BCUT2D eigenvalue weighted by Crippen LogP contribution is 2.30. The van der Waals surface area contributed by atoms with Gasteiger partial charge in [0.2, 0.25) is 0 Å². The van der Waals surface area contributed by atoms with E-state index in [1.54, 1.807) is 6.33 Å². The van der Waals surface area contributed by atoms with Gasteiger partial charge in [0.05, 0.1) is 15.9 Å². The van der Waals surface area contributed by atoms with Crippen LogP contribution in [0.4, 0.5) is 5.82 Å². The third-order valence-corrected chi connectivity index (χ3v) is 4.55. The van der Waals surface area contributed by atoms with Gasteiger partial charge in [0.1, 0.15) is 12.1 Å². The van der Waals surface area contributed by atoms with Crippen molar-refractivity contribution in [3.05, 3.63) is 77.6 Å². The summed E-state index contributed by atoms with van der Waals surface area (Å²) in [6, 6.07) is 20.7. The monoisotopic (exact) mass is 333 g/mol. The van der Waals surface area contributed by atoms with E-state index in [0.717, 1.165) is 16.7 Å². The van der Waals surface area contributed by atoms with Crippen LogP contribution in [-0.4, -0.2) is 9.97 Å². The second-order valence-electron chi connectivity index (χ2n) is 5.83. The maximum Gasteiger partial charge on any atom is 0.139 e. The lowest BCUT2D eigenvalue weighted by Gasteiger charge is -2.17. The first-order chi connectivity index (χ1) is 11.7. The average Bonchev–Trinajstić information content (AvgIpc) is 2.61. The van der Waals surface area contributed by atoms with Crippen molar-refractivity contribution in [1.82, 2.24) is 9.97 Å². The summed E-state index contributed by atoms with van der Waals surface area (Å²) in [5.74, 6) is 0.756. The van der Waals surface area contributed by atoms with Crippen molar-refractivity contribution in [2.45, 2.75) is 13.0 Å². The highest BCUT2D eigenvalue weighted by Gasteiger charge is 2.12. The number of hydrogen-bond acceptors (Lipinski definition) is 3. The summed E-state index contributed by atoms with van der Waals surface area (Å²) in [4.78, 5) is 8.68. The molecular weight excluding hydrogens is 318 g/mol. The molecule has 0 aliphatic carbocycles. The average molecular weight is 334 g/mol. The minimum atomic E-state index is 0.101. The van der Waals surface area contributed by atoms with E-state index in [1.807, 2.05) is 18.2 Å². The van der Waals surface area contributed by atoms with E-state index in [9.17, 15) is 0 Å². The molecule has 4 heteroatoms. The molecule has 1 atom stereocenters. The molecule has 0 amide bonds. The fraction of sp³-hybridized carbons (Fsp3) is 0.100. The molecule has 4 aromatic rings. The minimum absolute atomic E-state index is 0.101. The standard InChI is InChI=1S/C20H16ClN3/c1-13(15-10-9-14-5-2-3-6-16(14)11-15)24-20-19-17(21)7-4-8-18(19)22-12-23-20/h2-13H,1H3,(H,22,23,24)/t13-/m0/s1. The van der Waals surface area contributed by atoms with Crippen LogP contribution in [0.1, 0.15) is 18.5 Å². The van der Waals surface area contributed by atoms with Crippen molar-refractivity contribution in [2.75, 3.05) is 5.32 Å². The quantitative estimate of drug-likeness (QED) is 0.529. The van der Waals surface area contributed by atoms with E-state index in [1.165, 1.54) is 16.3 Å². The molecule has 0 radical (unpaired) electrons. The van der Waals surface area contributed by atoms with Crippen LogP contribution in [0.25, 0.3) is 21.7 Å². The van der Waals surface area contributed by atoms with Crippen LogP contribution in [0.3, 0.4) is 0 Å². The molecule has 118 valence electrons. The third kappa shape index (κ3) is 2.68. The number of fused-ring (bicyclic) bond motifs is 2. The Kier molecular flexibility index (Phi) is 3.79. The van der Waals surface area contributed by atoms with Crippen LogP contribution < -0.4 is 5.32 Å². The van der Waals surface area contributed by atoms with Crippen molar-refractivity contribution in [2.24, 2.45) is 0 Å². The first kappa shape index (κ1) is 14.9. The Hall–Kier alpha value is -2.65. The lowest BCUT2D eigenvalue weighted by atomic mass is 10.0. The van der Waals surface area contributed by atoms with Gasteiger partial charge in [-0.3, -0.25) is 0 Å². The zero-order valence-electron chi connectivity index (χ0n) is 13.2. The molecule has 1 aromatic heterocycles. The number of hydrogen-bond donors (Lipinski definition) is 1. The second-order valence-corrected chi connectivity index (χ2v) is 6.24. The van der Waals surface area contributed by atoms with E-state index in [4.69, 9.17) is 11.6 Å². The Bertz CT molecular complexity index is 1020. The number of rotatable bonds is 3. The van der Waals surface area contributed by atoms with Gasteiger partial charge in [0.25, 0.3) is 0 Å². The molecule has 0 fully saturated rings. The molecule has 0 unspecified atom stereocenters. The number of anilines is 1. The van der Waals surface area contributed by atoms with Gasteiger partial charge in [-0.1, -0.05) is 54.1 Å². The zero-order chi connectivity index (χ0) is 16.5. The van der Waals surface area contributed by atoms with Gasteiger partial charge in [-0.05, 0) is 41.5 Å². The van der Waals surface area contributed by atoms with Gasteiger partial charge in [-0.25, -0.2) is 9.97 Å². The molecule has 1 N–H and O–H groups in total. The molecule has 3 nitrogen and oxygen atoms in total. The molecule has 0 bridgehead atoms. The number of aromatic nitrogens is 2. The second kappa shape index (κ2) is 6.10. The number of nitrogens with one attached hydrogen (secondary N) is 1. The SMILES string of the molecule is C[C@H](Nc1ncnc2cccc(Cl)c12)c1ccc2ccccc2c1. The Morgan fingerprint density at radius 2 is 1.75 bits per heavy atom. The predicted molar refractivity (Wildman–Crippen MR) is 101 cm³/mol. The zero-order valence-corrected chi connectivity index (χ0v) is 14.0. The summed E-state index contributed by atoms with van der Waals surface area (Å²) in [6.07, 6.45) is 1.56. The molecule has 1 heterocycles. The maximum atomic E-state index is 6.35. The van der Waals surface area contributed by atoms with Gasteiger partial charge in [0, 0.05) is 6.04 Å². The predicted octanol–water partition coefficient (Wildman–Crippen LogP) is 5.61. The highest BCUT2D eigenvalue weighted by molar-refractivity contribution is 6.36. The maximum absolute atomic E-state index is 6.35. The molecule has 3 aromatic carbocycles. The summed E-state index contributed by atoms with van der Waals surface area (Å²) in [5, 5.41) is 7.45. The summed E-state index contributed by atoms with van der Waals surface area (Å²) in [6.45, 7) is 2.12. The summed E-state index contributed by atoms with van der Waals surface area (Å²) >= 11 is 6.35. The van der Waals surface area contributed by atoms with E-state index < -0.39 is 0 Å². The molecule has 0 aliphatic rings. The van der Waals surface area contributed by atoms with Crippen LogP contribution in [0.5, 0.6) is 0 Å². The Balaban J connectivity index is 1.72. The van der Waals surface area contributed by atoms with Crippen molar-refractivity contribution in [3.8, 4) is 0 Å². The first-order valence-electron chi connectivity index (χ1n) is 7.87. The Morgan fingerprint density at radius 3 is 2.62 bits per heavy atom. The summed E-state index contributed by atoms with van der Waals surface area (Å²) in [5.41, 5.74) is 2.04. The molecule has 0 aliphatic heterocycles. The third-order valence-electron chi connectivity index (χ3n) is 4.24. The topological polar surface area (TPSA) is 37.8 Å². The lowest BCUT2D eigenvalue weighted by Crippen LogP contribution is -2.08. The molecular formula is C20H16ClN3. The molecule has 0 saturated carbocycles. The van der Waals surface area contributed by atoms with Crippen molar-refractivity contribution in [3.63, 3.8) is 0 Å². The number of benzene rings is 3. The highest BCUT2D eigenvalue weighted by atomic mass is 35.5. The van der Waals surface area contributed by atoms with Gasteiger partial charge < -0.3 is 5.32 Å². The van der Waals surface area contributed by atoms with Crippen LogP contribution in [0.15, 0.2) is 67.0 Å². The molecule has 0 spiro atoms. The number of nitrogens with zero attached hydrogens (tertiary/aromatic N) is 2. The summed E-state index contributed by atoms with van der Waals surface area (Å²) < 4.78 is 0. The Labute approximate surface area is 145 Å². The van der Waals surface area contributed by atoms with Crippen LogP contribution >= 0.6 is 11.6 Å². The van der Waals surface area contributed by atoms with Gasteiger partial charge >= 0.3 is 0 Å². The summed E-state index contributed by atoms with van der Waals surface area (Å²) in [7, 11) is 0. The molecule has 4 rings (SSSR count). The van der Waals surface area contributed by atoms with Gasteiger partial charge in [0.15, 0.2) is 0 Å². The van der Waals surface area contributed by atoms with Crippen molar-refractivity contribution >= 4 is 39.1 Å².